The van der Waals surface area contributed by atoms with Crippen molar-refractivity contribution in [1.82, 2.24) is 9.88 Å². The van der Waals surface area contributed by atoms with E-state index in [1.54, 1.807) is 32.0 Å². The van der Waals surface area contributed by atoms with Gasteiger partial charge in [-0.1, -0.05) is 18.3 Å². The second-order valence-electron chi connectivity index (χ2n) is 4.79. The lowest BCUT2D eigenvalue weighted by Gasteiger charge is -2.28. The van der Waals surface area contributed by atoms with Crippen molar-refractivity contribution >= 4 is 23.1 Å². The van der Waals surface area contributed by atoms with E-state index in [1.165, 1.54) is 0 Å². The Morgan fingerprint density at radius 2 is 2.17 bits per heavy atom. The zero-order valence-corrected chi connectivity index (χ0v) is 11.8. The summed E-state index contributed by atoms with van der Waals surface area (Å²) in [6.45, 7) is 4.09. The molecule has 0 spiro atoms. The summed E-state index contributed by atoms with van der Waals surface area (Å²) in [5.74, 6) is -0.0640. The van der Waals surface area contributed by atoms with Crippen LogP contribution in [0.4, 0.5) is 0 Å². The van der Waals surface area contributed by atoms with Crippen LogP contribution in [0.1, 0.15) is 19.5 Å². The Morgan fingerprint density at radius 1 is 1.50 bits per heavy atom. The molecule has 1 amide bonds. The Hall–Kier alpha value is -1.49. The average Bonchev–Trinajstić information content (AvgIpc) is 2.36. The third kappa shape index (κ3) is 3.50. The van der Waals surface area contributed by atoms with E-state index in [0.29, 0.717) is 6.54 Å². The van der Waals surface area contributed by atoms with Gasteiger partial charge in [0.1, 0.15) is 0 Å². The first-order valence-electron chi connectivity index (χ1n) is 5.81. The van der Waals surface area contributed by atoms with Crippen LogP contribution in [-0.4, -0.2) is 34.4 Å². The van der Waals surface area contributed by atoms with E-state index in [-0.39, 0.29) is 10.9 Å². The van der Waals surface area contributed by atoms with Crippen LogP contribution in [0.25, 0.3) is 0 Å². The average molecular weight is 265 g/mol. The lowest BCUT2D eigenvalue weighted by molar-refractivity contribution is -0.135. The second-order valence-corrected chi connectivity index (χ2v) is 5.23. The van der Waals surface area contributed by atoms with E-state index in [1.807, 2.05) is 18.2 Å². The molecule has 2 N–H and O–H groups in total. The molecule has 0 aliphatic carbocycles. The van der Waals surface area contributed by atoms with Crippen LogP contribution in [-0.2, 0) is 11.2 Å². The Kier molecular flexibility index (Phi) is 4.78. The van der Waals surface area contributed by atoms with Gasteiger partial charge in [0.15, 0.2) is 0 Å². The zero-order valence-electron chi connectivity index (χ0n) is 11.0. The van der Waals surface area contributed by atoms with Gasteiger partial charge < -0.3 is 10.6 Å². The molecule has 0 radical (unpaired) electrons. The molecule has 4 nitrogen and oxygen atoms in total. The topological polar surface area (TPSA) is 59.2 Å². The highest BCUT2D eigenvalue weighted by Crippen LogP contribution is 2.18. The van der Waals surface area contributed by atoms with E-state index in [4.69, 9.17) is 18.0 Å². The van der Waals surface area contributed by atoms with Crippen LogP contribution in [0.15, 0.2) is 24.4 Å². The monoisotopic (exact) mass is 265 g/mol. The molecule has 0 atom stereocenters. The number of nitrogens with two attached hydrogens (primary N) is 1. The zero-order chi connectivity index (χ0) is 13.8. The third-order valence-electron chi connectivity index (χ3n) is 2.93. The summed E-state index contributed by atoms with van der Waals surface area (Å²) >= 11 is 4.92. The number of aromatic nitrogens is 1. The molecular weight excluding hydrogens is 246 g/mol. The Balaban J connectivity index is 2.59. The maximum absolute atomic E-state index is 12.2. The largest absolute Gasteiger partial charge is 0.392 e. The molecule has 98 valence electrons. The molecule has 0 aliphatic rings. The van der Waals surface area contributed by atoms with Gasteiger partial charge in [0.25, 0.3) is 0 Å². The highest BCUT2D eigenvalue weighted by Gasteiger charge is 2.33. The first kappa shape index (κ1) is 14.6. The van der Waals surface area contributed by atoms with Crippen molar-refractivity contribution in [2.45, 2.75) is 20.3 Å². The van der Waals surface area contributed by atoms with Gasteiger partial charge in [0.2, 0.25) is 5.91 Å². The number of thiocarbonyl (C=S) groups is 1. The number of rotatable bonds is 5. The Labute approximate surface area is 113 Å². The number of hydrogen-bond donors (Lipinski definition) is 1. The van der Waals surface area contributed by atoms with Gasteiger partial charge in [-0.3, -0.25) is 9.78 Å². The van der Waals surface area contributed by atoms with Gasteiger partial charge >= 0.3 is 0 Å². The minimum absolute atomic E-state index is 0.0640. The van der Waals surface area contributed by atoms with Crippen molar-refractivity contribution in [3.05, 3.63) is 30.1 Å². The number of nitrogens with zero attached hydrogens (tertiary/aromatic N) is 2. The van der Waals surface area contributed by atoms with Crippen LogP contribution >= 0.6 is 12.2 Å². The normalized spacial score (nSPS) is 11.1. The van der Waals surface area contributed by atoms with Crippen LogP contribution in [0.3, 0.4) is 0 Å². The van der Waals surface area contributed by atoms with Crippen LogP contribution < -0.4 is 5.73 Å². The quantitative estimate of drug-likeness (QED) is 0.817. The fourth-order valence-corrected chi connectivity index (χ4v) is 1.60. The van der Waals surface area contributed by atoms with Crippen molar-refractivity contribution in [2.75, 3.05) is 13.6 Å². The predicted octanol–water partition coefficient (Wildman–Crippen LogP) is 1.39. The van der Waals surface area contributed by atoms with E-state index in [0.717, 1.165) is 12.1 Å². The van der Waals surface area contributed by atoms with Crippen LogP contribution in [0.2, 0.25) is 0 Å². The standard InChI is InChI=1S/C13H19N3OS/c1-13(2,11(14)18)12(17)16(3)9-7-10-6-4-5-8-15-10/h4-6,8H,7,9H2,1-3H3,(H2,14,18). The summed E-state index contributed by atoms with van der Waals surface area (Å²) in [5.41, 5.74) is 5.75. The molecule has 1 aromatic rings. The van der Waals surface area contributed by atoms with Crippen molar-refractivity contribution in [1.29, 1.82) is 0 Å². The Morgan fingerprint density at radius 3 is 2.67 bits per heavy atom. The van der Waals surface area contributed by atoms with Gasteiger partial charge in [-0.05, 0) is 26.0 Å². The molecule has 0 unspecified atom stereocenters. The van der Waals surface area contributed by atoms with Crippen molar-refractivity contribution < 1.29 is 4.79 Å². The fraction of sp³-hybridized carbons (Fsp3) is 0.462. The predicted molar refractivity (Wildman–Crippen MR) is 76.1 cm³/mol. The molecule has 0 saturated carbocycles. The van der Waals surface area contributed by atoms with Crippen molar-refractivity contribution in [3.63, 3.8) is 0 Å². The SMILES string of the molecule is CN(CCc1ccccn1)C(=O)C(C)(C)C(N)=S. The van der Waals surface area contributed by atoms with E-state index in [9.17, 15) is 4.79 Å². The molecule has 0 aromatic carbocycles. The molecule has 1 aromatic heterocycles. The molecule has 0 bridgehead atoms. The van der Waals surface area contributed by atoms with Crippen molar-refractivity contribution in [2.24, 2.45) is 11.1 Å². The summed E-state index contributed by atoms with van der Waals surface area (Å²) in [7, 11) is 1.76. The van der Waals surface area contributed by atoms with Crippen LogP contribution in [0, 0.1) is 5.41 Å². The molecule has 5 heteroatoms. The van der Waals surface area contributed by atoms with Gasteiger partial charge in [-0.15, -0.1) is 0 Å². The summed E-state index contributed by atoms with van der Waals surface area (Å²) < 4.78 is 0. The first-order valence-corrected chi connectivity index (χ1v) is 6.22. The number of amides is 1. The minimum atomic E-state index is -0.797. The number of carbonyl (C=O) groups excluding carboxylic acids is 1. The molecule has 0 fully saturated rings. The van der Waals surface area contributed by atoms with Gasteiger partial charge in [-0.25, -0.2) is 0 Å². The van der Waals surface area contributed by atoms with E-state index < -0.39 is 5.41 Å². The second kappa shape index (κ2) is 5.91. The molecule has 0 saturated heterocycles. The first-order chi connectivity index (χ1) is 8.35. The number of pyridine rings is 1. The van der Waals surface area contributed by atoms with Gasteiger partial charge in [0, 0.05) is 31.9 Å². The van der Waals surface area contributed by atoms with E-state index >= 15 is 0 Å². The van der Waals surface area contributed by atoms with Crippen LogP contribution in [0.5, 0.6) is 0 Å². The third-order valence-corrected chi connectivity index (χ3v) is 3.44. The van der Waals surface area contributed by atoms with Gasteiger partial charge in [0.05, 0.1) is 10.4 Å². The number of likely N-dealkylation sites (N-methyl/N-ethyl adjacent to an activating group) is 1. The maximum Gasteiger partial charge on any atom is 0.234 e. The number of carbonyl (C=O) groups is 1. The summed E-state index contributed by atoms with van der Waals surface area (Å²) in [6, 6.07) is 5.74. The number of hydrogen-bond acceptors (Lipinski definition) is 3. The smallest absolute Gasteiger partial charge is 0.234 e. The summed E-state index contributed by atoms with van der Waals surface area (Å²) in [4.78, 5) is 18.3. The van der Waals surface area contributed by atoms with Gasteiger partial charge in [-0.2, -0.15) is 0 Å². The highest BCUT2D eigenvalue weighted by atomic mass is 32.1. The summed E-state index contributed by atoms with van der Waals surface area (Å²) in [5, 5.41) is 0. The molecule has 0 aliphatic heterocycles. The Bertz CT molecular complexity index is 431. The molecule has 1 heterocycles. The summed E-state index contributed by atoms with van der Waals surface area (Å²) in [6.07, 6.45) is 2.46. The highest BCUT2D eigenvalue weighted by molar-refractivity contribution is 7.80. The maximum atomic E-state index is 12.2. The van der Waals surface area contributed by atoms with Crippen molar-refractivity contribution in [3.8, 4) is 0 Å². The molecular formula is C13H19N3OS. The lowest BCUT2D eigenvalue weighted by Crippen LogP contribution is -2.46. The van der Waals surface area contributed by atoms with E-state index in [2.05, 4.69) is 4.98 Å². The minimum Gasteiger partial charge on any atom is -0.392 e. The molecule has 1 rings (SSSR count). The molecule has 18 heavy (non-hydrogen) atoms. The lowest BCUT2D eigenvalue weighted by atomic mass is 9.91. The fourth-order valence-electron chi connectivity index (χ4n) is 1.51.